The summed E-state index contributed by atoms with van der Waals surface area (Å²) >= 11 is 0. The summed E-state index contributed by atoms with van der Waals surface area (Å²) in [7, 11) is 0. The molecule has 0 fully saturated rings. The second-order valence-electron chi connectivity index (χ2n) is 3.56. The van der Waals surface area contributed by atoms with Crippen LogP contribution in [0.2, 0.25) is 0 Å². The summed E-state index contributed by atoms with van der Waals surface area (Å²) in [5, 5.41) is 9.52. The number of ether oxygens (including phenoxy) is 1. The molecule has 1 aromatic rings. The minimum Gasteiger partial charge on any atom is -0.459 e. The normalized spacial score (nSPS) is 14.2. The highest BCUT2D eigenvalue weighted by molar-refractivity contribution is 5.89. The largest absolute Gasteiger partial charge is 0.459 e. The van der Waals surface area contributed by atoms with Gasteiger partial charge < -0.3 is 9.84 Å². The summed E-state index contributed by atoms with van der Waals surface area (Å²) in [6.07, 6.45) is -0.986. The van der Waals surface area contributed by atoms with E-state index in [2.05, 4.69) is 0 Å². The van der Waals surface area contributed by atoms with Crippen LogP contribution < -0.4 is 0 Å². The molecule has 0 bridgehead atoms. The minimum atomic E-state index is -1.03. The molecule has 1 atom stereocenters. The van der Waals surface area contributed by atoms with E-state index in [0.717, 1.165) is 0 Å². The number of hydrogen-bond acceptors (Lipinski definition) is 3. The first-order valence-electron chi connectivity index (χ1n) is 5.31. The van der Waals surface area contributed by atoms with Crippen LogP contribution in [0, 0.1) is 5.89 Å². The summed E-state index contributed by atoms with van der Waals surface area (Å²) in [4.78, 5) is 11.5. The highest BCUT2D eigenvalue weighted by Crippen LogP contribution is 2.05. The fourth-order valence-corrected chi connectivity index (χ4v) is 0.979. The molecule has 0 spiro atoms. The van der Waals surface area contributed by atoms with Crippen molar-refractivity contribution in [2.24, 2.45) is 5.89 Å². The van der Waals surface area contributed by atoms with Crippen LogP contribution in [0.3, 0.4) is 0 Å². The maximum atomic E-state index is 11.5. The van der Waals surface area contributed by atoms with Crippen molar-refractivity contribution >= 4 is 5.97 Å². The fraction of sp³-hybridized carbons (Fsp3) is 0.417. The molecule has 3 nitrogen and oxygen atoms in total. The second kappa shape index (κ2) is 5.51. The van der Waals surface area contributed by atoms with Gasteiger partial charge in [0.05, 0.1) is 11.7 Å². The Bertz CT molecular complexity index is 343. The van der Waals surface area contributed by atoms with Crippen molar-refractivity contribution in [3.8, 4) is 0 Å². The minimum absolute atomic E-state index is 0.162. The molecule has 15 heavy (non-hydrogen) atoms. The van der Waals surface area contributed by atoms with Gasteiger partial charge in [-0.25, -0.2) is 4.79 Å². The SMILES string of the molecule is [2H]C(C)(C)C(O)COC(=O)c1ccccc1. The van der Waals surface area contributed by atoms with Crippen molar-refractivity contribution in [2.75, 3.05) is 6.61 Å². The summed E-state index contributed by atoms with van der Waals surface area (Å²) in [5.41, 5.74) is 0.442. The molecule has 0 saturated heterocycles. The molecule has 0 amide bonds. The summed E-state index contributed by atoms with van der Waals surface area (Å²) in [5.74, 6) is -1.51. The van der Waals surface area contributed by atoms with E-state index in [1.54, 1.807) is 44.2 Å². The molecular weight excluding hydrogens is 192 g/mol. The first-order chi connectivity index (χ1) is 7.41. The van der Waals surface area contributed by atoms with Crippen molar-refractivity contribution in [1.29, 1.82) is 0 Å². The highest BCUT2D eigenvalue weighted by atomic mass is 16.5. The van der Waals surface area contributed by atoms with E-state index in [9.17, 15) is 9.90 Å². The van der Waals surface area contributed by atoms with Crippen LogP contribution >= 0.6 is 0 Å². The molecule has 0 aliphatic carbocycles. The average molecular weight is 209 g/mol. The number of hydrogen-bond donors (Lipinski definition) is 1. The molecule has 0 aromatic heterocycles. The first kappa shape index (κ1) is 10.2. The third-order valence-electron chi connectivity index (χ3n) is 2.05. The molecule has 0 saturated carbocycles. The monoisotopic (exact) mass is 209 g/mol. The number of aliphatic hydroxyl groups excluding tert-OH is 1. The van der Waals surface area contributed by atoms with Gasteiger partial charge in [0.15, 0.2) is 0 Å². The van der Waals surface area contributed by atoms with Crippen LogP contribution in [-0.2, 0) is 4.74 Å². The molecule has 0 aliphatic heterocycles. The van der Waals surface area contributed by atoms with Gasteiger partial charge in [-0.15, -0.1) is 0 Å². The number of aliphatic hydroxyl groups is 1. The van der Waals surface area contributed by atoms with E-state index in [1.165, 1.54) is 0 Å². The van der Waals surface area contributed by atoms with Crippen LogP contribution in [0.25, 0.3) is 0 Å². The average Bonchev–Trinajstić information content (AvgIpc) is 2.25. The van der Waals surface area contributed by atoms with Crippen molar-refractivity contribution in [3.63, 3.8) is 0 Å². The number of carbonyl (C=O) groups is 1. The van der Waals surface area contributed by atoms with Gasteiger partial charge in [-0.05, 0) is 18.0 Å². The molecule has 1 unspecified atom stereocenters. The quantitative estimate of drug-likeness (QED) is 0.770. The summed E-state index contributed by atoms with van der Waals surface area (Å²) < 4.78 is 12.5. The molecule has 1 aromatic carbocycles. The number of rotatable bonds is 4. The predicted molar refractivity (Wildman–Crippen MR) is 57.6 cm³/mol. The third-order valence-corrected chi connectivity index (χ3v) is 2.05. The zero-order chi connectivity index (χ0) is 12.2. The molecule has 1 rings (SSSR count). The van der Waals surface area contributed by atoms with Crippen molar-refractivity contribution in [2.45, 2.75) is 20.0 Å². The van der Waals surface area contributed by atoms with Gasteiger partial charge in [-0.1, -0.05) is 32.0 Å². The summed E-state index contributed by atoms with van der Waals surface area (Å²) in [6, 6.07) is 8.56. The van der Waals surface area contributed by atoms with E-state index in [1.807, 2.05) is 0 Å². The van der Waals surface area contributed by atoms with Gasteiger partial charge in [-0.3, -0.25) is 0 Å². The summed E-state index contributed by atoms with van der Waals surface area (Å²) in [6.45, 7) is 2.96. The van der Waals surface area contributed by atoms with Crippen LogP contribution in [0.15, 0.2) is 30.3 Å². The number of benzene rings is 1. The van der Waals surface area contributed by atoms with Crippen LogP contribution in [-0.4, -0.2) is 23.8 Å². The van der Waals surface area contributed by atoms with Crippen LogP contribution in [0.5, 0.6) is 0 Å². The Morgan fingerprint density at radius 1 is 1.47 bits per heavy atom. The Kier molecular flexibility index (Phi) is 3.74. The van der Waals surface area contributed by atoms with E-state index in [4.69, 9.17) is 6.11 Å². The lowest BCUT2D eigenvalue weighted by atomic mass is 10.1. The van der Waals surface area contributed by atoms with E-state index in [0.29, 0.717) is 5.56 Å². The Morgan fingerprint density at radius 3 is 2.60 bits per heavy atom. The van der Waals surface area contributed by atoms with E-state index < -0.39 is 18.0 Å². The standard InChI is InChI=1S/C12H16O3/c1-9(2)11(13)8-15-12(14)10-6-4-3-5-7-10/h3-7,9,11,13H,8H2,1-2H3/i9D. The number of carbonyl (C=O) groups excluding carboxylic acids is 1. The Hall–Kier alpha value is -1.35. The van der Waals surface area contributed by atoms with E-state index >= 15 is 0 Å². The maximum absolute atomic E-state index is 11.5. The molecular formula is C12H16O3. The molecule has 1 N–H and O–H groups in total. The lowest BCUT2D eigenvalue weighted by molar-refractivity contribution is 0.0137. The first-order valence-corrected chi connectivity index (χ1v) is 4.81. The van der Waals surface area contributed by atoms with Gasteiger partial charge in [0.25, 0.3) is 0 Å². The lowest BCUT2D eigenvalue weighted by Crippen LogP contribution is -2.23. The van der Waals surface area contributed by atoms with Gasteiger partial charge in [0, 0.05) is 1.37 Å². The molecule has 82 valence electrons. The Balaban J connectivity index is 2.48. The zero-order valence-electron chi connectivity index (χ0n) is 9.93. The highest BCUT2D eigenvalue weighted by Gasteiger charge is 2.13. The fourth-order valence-electron chi connectivity index (χ4n) is 0.979. The molecule has 0 radical (unpaired) electrons. The predicted octanol–water partition coefficient (Wildman–Crippen LogP) is 1.86. The smallest absolute Gasteiger partial charge is 0.338 e. The second-order valence-corrected chi connectivity index (χ2v) is 3.56. The van der Waals surface area contributed by atoms with Crippen molar-refractivity contribution < 1.29 is 16.0 Å². The molecule has 0 heterocycles. The van der Waals surface area contributed by atoms with Gasteiger partial charge >= 0.3 is 5.97 Å². The lowest BCUT2D eigenvalue weighted by Gasteiger charge is -2.14. The third kappa shape index (κ3) is 3.72. The van der Waals surface area contributed by atoms with Crippen LogP contribution in [0.1, 0.15) is 25.6 Å². The van der Waals surface area contributed by atoms with Crippen LogP contribution in [0.4, 0.5) is 0 Å². The van der Waals surface area contributed by atoms with Gasteiger partial charge in [0.2, 0.25) is 0 Å². The number of esters is 1. The Labute approximate surface area is 91.1 Å². The van der Waals surface area contributed by atoms with E-state index in [-0.39, 0.29) is 6.61 Å². The molecule has 3 heteroatoms. The Morgan fingerprint density at radius 2 is 2.07 bits per heavy atom. The van der Waals surface area contributed by atoms with Crippen molar-refractivity contribution in [3.05, 3.63) is 35.9 Å². The van der Waals surface area contributed by atoms with Crippen molar-refractivity contribution in [1.82, 2.24) is 0 Å². The maximum Gasteiger partial charge on any atom is 0.338 e. The van der Waals surface area contributed by atoms with Gasteiger partial charge in [0.1, 0.15) is 6.61 Å². The van der Waals surface area contributed by atoms with Gasteiger partial charge in [-0.2, -0.15) is 0 Å². The zero-order valence-corrected chi connectivity index (χ0v) is 8.93. The molecule has 0 aliphatic rings. The topological polar surface area (TPSA) is 46.5 Å².